The van der Waals surface area contributed by atoms with Crippen molar-refractivity contribution < 1.29 is 52.3 Å². The van der Waals surface area contributed by atoms with Crippen LogP contribution in [-0.2, 0) is 33.2 Å². The molecule has 322 valence electrons. The average Bonchev–Trinajstić information content (AvgIpc) is 3.56. The van der Waals surface area contributed by atoms with Crippen molar-refractivity contribution in [2.45, 2.75) is 135 Å². The van der Waals surface area contributed by atoms with Gasteiger partial charge >= 0.3 is 17.9 Å². The van der Waals surface area contributed by atoms with Crippen molar-refractivity contribution in [1.29, 1.82) is 0 Å². The fraction of sp³-hybridized carbons (Fsp3) is 0.531. The zero-order valence-electron chi connectivity index (χ0n) is 35.7. The van der Waals surface area contributed by atoms with Crippen LogP contribution in [0.25, 0.3) is 0 Å². The lowest BCUT2D eigenvalue weighted by Gasteiger charge is -2.51. The maximum absolute atomic E-state index is 14.6. The molecule has 0 saturated carbocycles. The molecule has 5 aliphatic rings. The fourth-order valence-electron chi connectivity index (χ4n) is 9.52. The van der Waals surface area contributed by atoms with Crippen molar-refractivity contribution in [1.82, 2.24) is 0 Å². The molecule has 0 amide bonds. The molecule has 12 atom stereocenters. The van der Waals surface area contributed by atoms with Gasteiger partial charge in [-0.2, -0.15) is 0 Å². The van der Waals surface area contributed by atoms with Gasteiger partial charge in [0.2, 0.25) is 0 Å². The van der Waals surface area contributed by atoms with E-state index in [2.05, 4.69) is 20.8 Å². The quantitative estimate of drug-likeness (QED) is 0.172. The number of ether oxygens (including phenoxy) is 6. The van der Waals surface area contributed by atoms with E-state index in [1.807, 2.05) is 45.1 Å². The zero-order valence-corrected chi connectivity index (χ0v) is 35.7. The van der Waals surface area contributed by atoms with Gasteiger partial charge in [0.05, 0.1) is 29.9 Å². The highest BCUT2D eigenvalue weighted by molar-refractivity contribution is 5.90. The number of benzene rings is 2. The van der Waals surface area contributed by atoms with Crippen molar-refractivity contribution >= 4 is 17.9 Å². The summed E-state index contributed by atoms with van der Waals surface area (Å²) in [6, 6.07) is 12.2. The van der Waals surface area contributed by atoms with E-state index in [1.54, 1.807) is 37.3 Å². The van der Waals surface area contributed by atoms with Gasteiger partial charge < -0.3 is 33.5 Å². The molecule has 0 aromatic heterocycles. The highest BCUT2D eigenvalue weighted by Gasteiger charge is 2.61. The van der Waals surface area contributed by atoms with Gasteiger partial charge in [0.1, 0.15) is 35.6 Å². The molecule has 60 heavy (non-hydrogen) atoms. The summed E-state index contributed by atoms with van der Waals surface area (Å²) >= 11 is 0. The summed E-state index contributed by atoms with van der Waals surface area (Å²) in [5, 5.41) is 12.9. The summed E-state index contributed by atoms with van der Waals surface area (Å²) in [6.45, 7) is 14.0. The number of allylic oxidation sites excluding steroid dienone is 2. The Morgan fingerprint density at radius 3 is 2.28 bits per heavy atom. The maximum Gasteiger partial charge on any atom is 0.338 e. The van der Waals surface area contributed by atoms with Gasteiger partial charge in [0.15, 0.2) is 11.9 Å². The van der Waals surface area contributed by atoms with Crippen LogP contribution < -0.4 is 0 Å². The number of aliphatic hydroxyl groups is 1. The minimum absolute atomic E-state index is 0.0449. The summed E-state index contributed by atoms with van der Waals surface area (Å²) < 4.78 is 52.5. The first-order valence-electron chi connectivity index (χ1n) is 21.5. The summed E-state index contributed by atoms with van der Waals surface area (Å²) in [7, 11) is 0. The molecule has 1 N–H and O–H groups in total. The molecule has 0 unspecified atom stereocenters. The molecule has 0 radical (unpaired) electrons. The van der Waals surface area contributed by atoms with Crippen LogP contribution in [0.1, 0.15) is 106 Å². The standard InChI is InChI=1S/C49H59FO10/c1-8-29(3)42-32(6)22-23-48(60-42)26-39-25-38(59-48)21-14-31(5)41(57-45(51)35-17-19-37(50)20-18-35)30(4)10-9-11-36-27-55-44-43(58-46(52)34-15-12-28(2)13-16-34)33(7)24-40(47(53)56-39)49(36,44)54/h9-20,24,29-30,32,38-44,54H,8,21-23,25-27H2,1-7H3/b10-9+,31-14+,36-11+/t29-,30-,32-,38+,39-,40-,41-,42+,43+,44+,48+,49+/m0/s1. The van der Waals surface area contributed by atoms with E-state index in [4.69, 9.17) is 28.4 Å². The molecule has 2 bridgehead atoms. The molecular weight excluding hydrogens is 768 g/mol. The van der Waals surface area contributed by atoms with Gasteiger partial charge in [-0.05, 0) is 98.6 Å². The third-order valence-electron chi connectivity index (χ3n) is 13.3. The predicted molar refractivity (Wildman–Crippen MR) is 222 cm³/mol. The maximum atomic E-state index is 14.6. The van der Waals surface area contributed by atoms with Crippen LogP contribution in [0.5, 0.6) is 0 Å². The minimum atomic E-state index is -1.94. The molecule has 1 spiro atoms. The lowest BCUT2D eigenvalue weighted by atomic mass is 9.70. The number of hydrogen-bond donors (Lipinski definition) is 1. The summed E-state index contributed by atoms with van der Waals surface area (Å²) in [5.74, 6) is -4.21. The number of fused-ring (bicyclic) bond motifs is 2. The molecular formula is C49H59FO10. The van der Waals surface area contributed by atoms with E-state index < -0.39 is 71.6 Å². The molecule has 7 rings (SSSR count). The van der Waals surface area contributed by atoms with Gasteiger partial charge in [0, 0.05) is 25.2 Å². The largest absolute Gasteiger partial charge is 0.462 e. The van der Waals surface area contributed by atoms with Crippen molar-refractivity contribution in [3.8, 4) is 0 Å². The van der Waals surface area contributed by atoms with E-state index in [-0.39, 0.29) is 30.1 Å². The lowest BCUT2D eigenvalue weighted by molar-refractivity contribution is -0.340. The molecule has 1 aliphatic carbocycles. The second kappa shape index (κ2) is 17.9. The van der Waals surface area contributed by atoms with E-state index in [0.29, 0.717) is 48.3 Å². The van der Waals surface area contributed by atoms with Crippen LogP contribution in [0.3, 0.4) is 0 Å². The van der Waals surface area contributed by atoms with Crippen LogP contribution in [-0.4, -0.2) is 77.6 Å². The predicted octanol–water partition coefficient (Wildman–Crippen LogP) is 8.71. The highest BCUT2D eigenvalue weighted by Crippen LogP contribution is 2.48. The molecule has 11 heteroatoms. The molecule has 3 fully saturated rings. The third kappa shape index (κ3) is 8.96. The molecule has 4 aliphatic heterocycles. The Morgan fingerprint density at radius 2 is 1.60 bits per heavy atom. The second-order valence-electron chi connectivity index (χ2n) is 17.7. The summed E-state index contributed by atoms with van der Waals surface area (Å²) in [4.78, 5) is 41.6. The van der Waals surface area contributed by atoms with Crippen LogP contribution in [0, 0.1) is 36.4 Å². The van der Waals surface area contributed by atoms with E-state index in [9.17, 15) is 23.9 Å². The van der Waals surface area contributed by atoms with Crippen LogP contribution in [0.2, 0.25) is 0 Å². The molecule has 3 saturated heterocycles. The first kappa shape index (κ1) is 43.7. The average molecular weight is 827 g/mol. The molecule has 2 aromatic rings. The fourth-order valence-corrected chi connectivity index (χ4v) is 9.52. The Hall–Kier alpha value is -4.42. The van der Waals surface area contributed by atoms with Gasteiger partial charge in [-0.3, -0.25) is 4.79 Å². The smallest absolute Gasteiger partial charge is 0.338 e. The highest BCUT2D eigenvalue weighted by atomic mass is 19.1. The number of carbonyl (C=O) groups is 3. The molecule has 2 aromatic carbocycles. The summed E-state index contributed by atoms with van der Waals surface area (Å²) in [6.07, 6.45) is 8.61. The Morgan fingerprint density at radius 1 is 0.933 bits per heavy atom. The second-order valence-corrected chi connectivity index (χ2v) is 17.7. The first-order valence-corrected chi connectivity index (χ1v) is 21.5. The van der Waals surface area contributed by atoms with Crippen molar-refractivity contribution in [2.75, 3.05) is 6.61 Å². The van der Waals surface area contributed by atoms with Gasteiger partial charge in [-0.15, -0.1) is 0 Å². The Labute approximate surface area is 352 Å². The van der Waals surface area contributed by atoms with Crippen LogP contribution >= 0.6 is 0 Å². The number of carbonyl (C=O) groups excluding carboxylic acids is 3. The third-order valence-corrected chi connectivity index (χ3v) is 13.3. The number of halogens is 1. The number of hydrogen-bond acceptors (Lipinski definition) is 10. The zero-order chi connectivity index (χ0) is 42.9. The van der Waals surface area contributed by atoms with Crippen molar-refractivity contribution in [3.05, 3.63) is 118 Å². The number of esters is 3. The normalized spacial score (nSPS) is 37.2. The molecule has 4 heterocycles. The SMILES string of the molecule is CC[C@H](C)[C@H]1O[C@]2(CC[C@@H]1C)C[C@@H]1C[C@@H](C/C=C(\C)[C@@H](OC(=O)c3ccc(F)cc3)[C@@H](C)/C=C/C=C3\CO[C@@H]4[C@H](OC(=O)c5ccc(C)cc5)C(C)=C[C@@H](C(=O)O1)[C@]34O)O2. The van der Waals surface area contributed by atoms with Crippen molar-refractivity contribution in [2.24, 2.45) is 23.7 Å². The number of aryl methyl sites for hydroxylation is 1. The van der Waals surface area contributed by atoms with Gasteiger partial charge in [-0.25, -0.2) is 14.0 Å². The minimum Gasteiger partial charge on any atom is -0.462 e. The molecule has 10 nitrogen and oxygen atoms in total. The number of rotatable bonds is 6. The topological polar surface area (TPSA) is 127 Å². The van der Waals surface area contributed by atoms with E-state index >= 15 is 0 Å². The Balaban J connectivity index is 1.27. The Bertz CT molecular complexity index is 2030. The van der Waals surface area contributed by atoms with Crippen LogP contribution in [0.15, 0.2) is 95.6 Å². The van der Waals surface area contributed by atoms with Crippen molar-refractivity contribution in [3.63, 3.8) is 0 Å². The lowest BCUT2D eigenvalue weighted by Crippen LogP contribution is -2.59. The Kier molecular flexibility index (Phi) is 13.0. The van der Waals surface area contributed by atoms with Gasteiger partial charge in [0.25, 0.3) is 0 Å². The summed E-state index contributed by atoms with van der Waals surface area (Å²) in [5.41, 5.74) is 1.36. The van der Waals surface area contributed by atoms with Crippen LogP contribution in [0.4, 0.5) is 4.39 Å². The van der Waals surface area contributed by atoms with E-state index in [1.165, 1.54) is 24.3 Å². The van der Waals surface area contributed by atoms with E-state index in [0.717, 1.165) is 24.0 Å². The first-order chi connectivity index (χ1) is 28.6. The monoisotopic (exact) mass is 826 g/mol. The van der Waals surface area contributed by atoms with Gasteiger partial charge in [-0.1, -0.05) is 82.2 Å².